The lowest BCUT2D eigenvalue weighted by molar-refractivity contribution is -0.159. The Hall–Kier alpha value is -1.83. The van der Waals surface area contributed by atoms with E-state index in [-0.39, 0.29) is 17.2 Å². The molecule has 20 heavy (non-hydrogen) atoms. The molecule has 0 unspecified atom stereocenters. The van der Waals surface area contributed by atoms with Crippen LogP contribution in [0.2, 0.25) is 0 Å². The van der Waals surface area contributed by atoms with Crippen LogP contribution in [0.25, 0.3) is 0 Å². The Morgan fingerprint density at radius 1 is 1.15 bits per heavy atom. The van der Waals surface area contributed by atoms with Crippen molar-refractivity contribution in [2.75, 3.05) is 19.6 Å². The summed E-state index contributed by atoms with van der Waals surface area (Å²) in [6.07, 6.45) is 0.949. The van der Waals surface area contributed by atoms with Gasteiger partial charge in [0.15, 0.2) is 0 Å². The van der Waals surface area contributed by atoms with Crippen LogP contribution >= 0.6 is 0 Å². The number of ether oxygens (including phenoxy) is 1. The highest BCUT2D eigenvalue weighted by molar-refractivity contribution is 6.27. The van der Waals surface area contributed by atoms with Crippen molar-refractivity contribution in [3.63, 3.8) is 0 Å². The van der Waals surface area contributed by atoms with Crippen molar-refractivity contribution >= 4 is 18.0 Å². The number of aliphatic carboxylic acids is 2. The number of hydrogen-bond donors (Lipinski definition) is 3. The normalized spacial score (nSPS) is 19.1. The van der Waals surface area contributed by atoms with Crippen LogP contribution < -0.4 is 5.32 Å². The Labute approximate surface area is 116 Å². The SMILES string of the molecule is CC(C)(C)OC(=O)N1CCC12CNC2.O=C(O)C(=O)O. The summed E-state index contributed by atoms with van der Waals surface area (Å²) < 4.78 is 5.33. The molecule has 0 aromatic heterocycles. The van der Waals surface area contributed by atoms with Gasteiger partial charge in [-0.05, 0) is 27.2 Å². The van der Waals surface area contributed by atoms with Gasteiger partial charge in [-0.2, -0.15) is 0 Å². The summed E-state index contributed by atoms with van der Waals surface area (Å²) in [7, 11) is 0. The van der Waals surface area contributed by atoms with Crippen molar-refractivity contribution in [2.24, 2.45) is 0 Å². The van der Waals surface area contributed by atoms with E-state index >= 15 is 0 Å². The van der Waals surface area contributed by atoms with Gasteiger partial charge in [0, 0.05) is 19.6 Å². The Morgan fingerprint density at radius 2 is 1.65 bits per heavy atom. The zero-order valence-corrected chi connectivity index (χ0v) is 11.8. The first-order valence-electron chi connectivity index (χ1n) is 6.25. The van der Waals surface area contributed by atoms with E-state index in [4.69, 9.17) is 24.5 Å². The number of hydrogen-bond acceptors (Lipinski definition) is 5. The van der Waals surface area contributed by atoms with Gasteiger partial charge in [-0.15, -0.1) is 0 Å². The van der Waals surface area contributed by atoms with Crippen LogP contribution in [0, 0.1) is 0 Å². The van der Waals surface area contributed by atoms with E-state index in [1.54, 1.807) is 0 Å². The number of carbonyl (C=O) groups excluding carboxylic acids is 1. The molecule has 2 aliphatic heterocycles. The van der Waals surface area contributed by atoms with Crippen molar-refractivity contribution in [3.8, 4) is 0 Å². The summed E-state index contributed by atoms with van der Waals surface area (Å²) in [6, 6.07) is 0. The number of carbonyl (C=O) groups is 3. The van der Waals surface area contributed by atoms with Gasteiger partial charge < -0.3 is 20.3 Å². The monoisotopic (exact) mass is 288 g/mol. The Balaban J connectivity index is 0.000000286. The molecule has 1 spiro atoms. The van der Waals surface area contributed by atoms with Crippen LogP contribution in [-0.2, 0) is 14.3 Å². The predicted octanol–water partition coefficient (Wildman–Crippen LogP) is 0.125. The molecule has 2 fully saturated rings. The summed E-state index contributed by atoms with van der Waals surface area (Å²) in [5, 5.41) is 18.0. The number of likely N-dealkylation sites (tertiary alicyclic amines) is 1. The minimum atomic E-state index is -1.82. The molecular formula is C12H20N2O6. The molecule has 2 rings (SSSR count). The zero-order valence-electron chi connectivity index (χ0n) is 11.8. The second kappa shape index (κ2) is 5.66. The van der Waals surface area contributed by atoms with Crippen molar-refractivity contribution in [1.29, 1.82) is 0 Å². The summed E-state index contributed by atoms with van der Waals surface area (Å²) in [5.74, 6) is -3.65. The second-order valence-corrected chi connectivity index (χ2v) is 5.82. The molecule has 2 aliphatic rings. The smallest absolute Gasteiger partial charge is 0.414 e. The van der Waals surface area contributed by atoms with E-state index < -0.39 is 11.9 Å². The summed E-state index contributed by atoms with van der Waals surface area (Å²) in [5.41, 5.74) is -0.284. The molecule has 0 aromatic carbocycles. The average molecular weight is 288 g/mol. The zero-order chi connectivity index (χ0) is 15.6. The van der Waals surface area contributed by atoms with E-state index in [1.807, 2.05) is 25.7 Å². The van der Waals surface area contributed by atoms with Gasteiger partial charge in [-0.1, -0.05) is 0 Å². The summed E-state index contributed by atoms with van der Waals surface area (Å²) in [4.78, 5) is 31.8. The topological polar surface area (TPSA) is 116 Å². The van der Waals surface area contributed by atoms with Gasteiger partial charge in [0.05, 0.1) is 5.54 Å². The molecular weight excluding hydrogens is 268 g/mol. The average Bonchev–Trinajstić information content (AvgIpc) is 2.10. The molecule has 2 saturated heterocycles. The lowest BCUT2D eigenvalue weighted by Gasteiger charge is -2.58. The highest BCUT2D eigenvalue weighted by Crippen LogP contribution is 2.35. The van der Waals surface area contributed by atoms with Crippen molar-refractivity contribution < 1.29 is 29.3 Å². The molecule has 0 radical (unpaired) electrons. The van der Waals surface area contributed by atoms with Gasteiger partial charge >= 0.3 is 18.0 Å². The van der Waals surface area contributed by atoms with Gasteiger partial charge in [-0.3, -0.25) is 4.90 Å². The molecule has 0 aliphatic carbocycles. The fraction of sp³-hybridized carbons (Fsp3) is 0.750. The maximum Gasteiger partial charge on any atom is 0.414 e. The molecule has 8 heteroatoms. The molecule has 2 heterocycles. The number of nitrogens with zero attached hydrogens (tertiary/aromatic N) is 1. The van der Waals surface area contributed by atoms with Gasteiger partial charge in [-0.25, -0.2) is 14.4 Å². The number of carboxylic acids is 2. The van der Waals surface area contributed by atoms with E-state index in [0.717, 1.165) is 26.1 Å². The molecule has 0 atom stereocenters. The number of amides is 1. The highest BCUT2D eigenvalue weighted by Gasteiger charge is 2.52. The van der Waals surface area contributed by atoms with Gasteiger partial charge in [0.1, 0.15) is 5.60 Å². The summed E-state index contributed by atoms with van der Waals surface area (Å²) >= 11 is 0. The molecule has 3 N–H and O–H groups in total. The lowest BCUT2D eigenvalue weighted by Crippen LogP contribution is -2.77. The number of nitrogens with one attached hydrogen (secondary N) is 1. The van der Waals surface area contributed by atoms with Crippen LogP contribution in [0.4, 0.5) is 4.79 Å². The Kier molecular flexibility index (Phi) is 4.59. The van der Waals surface area contributed by atoms with Crippen LogP contribution in [-0.4, -0.2) is 63.9 Å². The predicted molar refractivity (Wildman–Crippen MR) is 68.4 cm³/mol. The van der Waals surface area contributed by atoms with Crippen LogP contribution in [0.5, 0.6) is 0 Å². The van der Waals surface area contributed by atoms with Gasteiger partial charge in [0.2, 0.25) is 0 Å². The minimum Gasteiger partial charge on any atom is -0.473 e. The summed E-state index contributed by atoms with van der Waals surface area (Å²) in [6.45, 7) is 8.39. The van der Waals surface area contributed by atoms with Crippen LogP contribution in [0.15, 0.2) is 0 Å². The molecule has 1 amide bonds. The molecule has 0 saturated carbocycles. The highest BCUT2D eigenvalue weighted by atomic mass is 16.6. The van der Waals surface area contributed by atoms with E-state index in [0.29, 0.717) is 0 Å². The van der Waals surface area contributed by atoms with Crippen molar-refractivity contribution in [2.45, 2.75) is 38.3 Å². The van der Waals surface area contributed by atoms with E-state index in [9.17, 15) is 4.79 Å². The van der Waals surface area contributed by atoms with E-state index in [1.165, 1.54) is 0 Å². The first kappa shape index (κ1) is 16.2. The van der Waals surface area contributed by atoms with Crippen LogP contribution in [0.3, 0.4) is 0 Å². The lowest BCUT2D eigenvalue weighted by atomic mass is 9.80. The van der Waals surface area contributed by atoms with Crippen molar-refractivity contribution in [1.82, 2.24) is 10.2 Å². The Morgan fingerprint density at radius 3 is 1.85 bits per heavy atom. The Bertz CT molecular complexity index is 393. The third kappa shape index (κ3) is 3.83. The fourth-order valence-electron chi connectivity index (χ4n) is 1.92. The number of carboxylic acid groups (broad SMARTS) is 2. The third-order valence-electron chi connectivity index (χ3n) is 3.08. The molecule has 8 nitrogen and oxygen atoms in total. The molecule has 0 bridgehead atoms. The van der Waals surface area contributed by atoms with E-state index in [2.05, 4.69) is 5.32 Å². The molecule has 114 valence electrons. The first-order chi connectivity index (χ1) is 9.07. The second-order valence-electron chi connectivity index (χ2n) is 5.82. The minimum absolute atomic E-state index is 0.0995. The maximum absolute atomic E-state index is 11.7. The largest absolute Gasteiger partial charge is 0.473 e. The van der Waals surface area contributed by atoms with Crippen molar-refractivity contribution in [3.05, 3.63) is 0 Å². The quantitative estimate of drug-likeness (QED) is 0.542. The standard InChI is InChI=1S/C10H18N2O2.C2H2O4/c1-9(2,3)14-8(13)12-5-4-10(12)6-11-7-10;3-1(4)2(5)6/h11H,4-7H2,1-3H3;(H,3,4)(H,5,6). The fourth-order valence-corrected chi connectivity index (χ4v) is 1.92. The maximum atomic E-state index is 11.7. The first-order valence-corrected chi connectivity index (χ1v) is 6.25. The molecule has 0 aromatic rings. The van der Waals surface area contributed by atoms with Crippen LogP contribution in [0.1, 0.15) is 27.2 Å². The number of rotatable bonds is 0. The van der Waals surface area contributed by atoms with Gasteiger partial charge in [0.25, 0.3) is 0 Å². The third-order valence-corrected chi connectivity index (χ3v) is 3.08.